The quantitative estimate of drug-likeness (QED) is 0.231. The summed E-state index contributed by atoms with van der Waals surface area (Å²) >= 11 is 2.83. The van der Waals surface area contributed by atoms with E-state index in [2.05, 4.69) is 10.1 Å². The van der Waals surface area contributed by atoms with Gasteiger partial charge < -0.3 is 0 Å². The Labute approximate surface area is 217 Å². The SMILES string of the molecule is O=c1/c(=C/c2cn(-c3ccccc3)nc2-c2cccc([N+](=O)[O-])c2)sc2nc(/C=C/c3cccs3)nn12. The fourth-order valence-electron chi connectivity index (χ4n) is 3.80. The molecule has 0 spiro atoms. The van der Waals surface area contributed by atoms with E-state index < -0.39 is 4.92 Å². The monoisotopic (exact) mass is 524 g/mol. The van der Waals surface area contributed by atoms with Gasteiger partial charge in [0.25, 0.3) is 11.2 Å². The number of thiophene rings is 1. The molecular formula is C26H16N6O3S2. The van der Waals surface area contributed by atoms with Crippen LogP contribution in [0.2, 0.25) is 0 Å². The Morgan fingerprint density at radius 1 is 0.973 bits per heavy atom. The van der Waals surface area contributed by atoms with Crippen molar-refractivity contribution in [3.8, 4) is 16.9 Å². The number of non-ortho nitro benzene ring substituents is 1. The summed E-state index contributed by atoms with van der Waals surface area (Å²) in [5.74, 6) is 0.456. The van der Waals surface area contributed by atoms with Crippen LogP contribution in [0.5, 0.6) is 0 Å². The normalized spacial score (nSPS) is 12.2. The largest absolute Gasteiger partial charge is 0.291 e. The van der Waals surface area contributed by atoms with Crippen molar-refractivity contribution in [3.05, 3.63) is 120 Å². The first-order valence-corrected chi connectivity index (χ1v) is 12.8. The molecule has 0 atom stereocenters. The molecule has 0 aliphatic rings. The van der Waals surface area contributed by atoms with Crippen molar-refractivity contribution < 1.29 is 4.92 Å². The average molecular weight is 525 g/mol. The van der Waals surface area contributed by atoms with Crippen LogP contribution in [0.25, 0.3) is 40.1 Å². The molecule has 0 aliphatic carbocycles. The molecule has 180 valence electrons. The number of hydrogen-bond donors (Lipinski definition) is 0. The third kappa shape index (κ3) is 4.48. The highest BCUT2D eigenvalue weighted by Crippen LogP contribution is 2.27. The lowest BCUT2D eigenvalue weighted by molar-refractivity contribution is -0.384. The molecule has 0 amide bonds. The van der Waals surface area contributed by atoms with Crippen molar-refractivity contribution in [2.45, 2.75) is 0 Å². The molecule has 37 heavy (non-hydrogen) atoms. The number of nitrogens with zero attached hydrogens (tertiary/aromatic N) is 6. The van der Waals surface area contributed by atoms with E-state index in [9.17, 15) is 14.9 Å². The van der Waals surface area contributed by atoms with Gasteiger partial charge in [-0.3, -0.25) is 14.9 Å². The molecule has 6 rings (SSSR count). The third-order valence-corrected chi connectivity index (χ3v) is 7.32. The molecule has 0 unspecified atom stereocenters. The van der Waals surface area contributed by atoms with Gasteiger partial charge in [-0.05, 0) is 41.8 Å². The maximum absolute atomic E-state index is 13.1. The number of nitro benzene ring substituents is 1. The summed E-state index contributed by atoms with van der Waals surface area (Å²) in [5.41, 5.74) is 2.23. The predicted octanol–water partition coefficient (Wildman–Crippen LogP) is 4.69. The smallest absolute Gasteiger partial charge is 0.266 e. The molecule has 4 aromatic heterocycles. The summed E-state index contributed by atoms with van der Waals surface area (Å²) in [4.78, 5) is 30.1. The van der Waals surface area contributed by atoms with Crippen LogP contribution in [0.3, 0.4) is 0 Å². The van der Waals surface area contributed by atoms with Crippen LogP contribution in [0, 0.1) is 10.1 Å². The Hall–Kier alpha value is -4.74. The number of hydrogen-bond acceptors (Lipinski definition) is 8. The van der Waals surface area contributed by atoms with Gasteiger partial charge in [0.05, 0.1) is 15.1 Å². The summed E-state index contributed by atoms with van der Waals surface area (Å²) in [5, 5.41) is 22.4. The number of para-hydroxylation sites is 1. The zero-order valence-corrected chi connectivity index (χ0v) is 20.6. The minimum atomic E-state index is -0.443. The molecule has 4 heterocycles. The van der Waals surface area contributed by atoms with Gasteiger partial charge in [0.15, 0.2) is 5.82 Å². The lowest BCUT2D eigenvalue weighted by atomic mass is 10.1. The Kier molecular flexibility index (Phi) is 5.75. The predicted molar refractivity (Wildman–Crippen MR) is 145 cm³/mol. The second-order valence-electron chi connectivity index (χ2n) is 7.95. The van der Waals surface area contributed by atoms with Crippen molar-refractivity contribution in [1.29, 1.82) is 0 Å². The van der Waals surface area contributed by atoms with Crippen LogP contribution in [-0.4, -0.2) is 29.3 Å². The minimum absolute atomic E-state index is 0.0378. The first kappa shape index (κ1) is 22.7. The highest BCUT2D eigenvalue weighted by Gasteiger charge is 2.16. The lowest BCUT2D eigenvalue weighted by Gasteiger charge is -2.00. The Balaban J connectivity index is 1.45. The second kappa shape index (κ2) is 9.37. The molecule has 0 fully saturated rings. The zero-order chi connectivity index (χ0) is 25.4. The van der Waals surface area contributed by atoms with Crippen molar-refractivity contribution in [1.82, 2.24) is 24.4 Å². The molecule has 6 aromatic rings. The van der Waals surface area contributed by atoms with Gasteiger partial charge in [-0.1, -0.05) is 47.7 Å². The molecule has 0 N–H and O–H groups in total. The van der Waals surface area contributed by atoms with Gasteiger partial charge in [0.2, 0.25) is 4.96 Å². The van der Waals surface area contributed by atoms with E-state index in [0.717, 1.165) is 10.6 Å². The lowest BCUT2D eigenvalue weighted by Crippen LogP contribution is -2.23. The summed E-state index contributed by atoms with van der Waals surface area (Å²) in [7, 11) is 0. The van der Waals surface area contributed by atoms with E-state index in [1.807, 2.05) is 53.9 Å². The Bertz CT molecular complexity index is 1890. The molecule has 2 aromatic carbocycles. The molecule has 11 heteroatoms. The molecule has 0 saturated heterocycles. The van der Waals surface area contributed by atoms with E-state index in [4.69, 9.17) is 5.10 Å². The average Bonchev–Trinajstić information content (AvgIpc) is 3.70. The number of fused-ring (bicyclic) bond motifs is 1. The highest BCUT2D eigenvalue weighted by atomic mass is 32.1. The van der Waals surface area contributed by atoms with E-state index in [1.165, 1.54) is 28.0 Å². The summed E-state index contributed by atoms with van der Waals surface area (Å²) < 4.78 is 3.41. The number of thiazole rings is 1. The maximum atomic E-state index is 13.1. The van der Waals surface area contributed by atoms with Gasteiger partial charge in [-0.2, -0.15) is 14.6 Å². The summed E-state index contributed by atoms with van der Waals surface area (Å²) in [6, 6.07) is 19.7. The molecule has 9 nitrogen and oxygen atoms in total. The third-order valence-electron chi connectivity index (χ3n) is 5.52. The zero-order valence-electron chi connectivity index (χ0n) is 19.0. The van der Waals surface area contributed by atoms with Crippen LogP contribution in [0.1, 0.15) is 16.3 Å². The fraction of sp³-hybridized carbons (Fsp3) is 0. The van der Waals surface area contributed by atoms with Crippen LogP contribution in [-0.2, 0) is 0 Å². The topological polar surface area (TPSA) is 108 Å². The van der Waals surface area contributed by atoms with E-state index in [-0.39, 0.29) is 11.2 Å². The number of benzene rings is 2. The molecule has 0 radical (unpaired) electrons. The van der Waals surface area contributed by atoms with Crippen molar-refractivity contribution in [2.24, 2.45) is 0 Å². The van der Waals surface area contributed by atoms with E-state index in [0.29, 0.717) is 32.1 Å². The van der Waals surface area contributed by atoms with Crippen LogP contribution < -0.4 is 10.1 Å². The number of rotatable bonds is 6. The van der Waals surface area contributed by atoms with Crippen LogP contribution in [0.15, 0.2) is 83.1 Å². The fourth-order valence-corrected chi connectivity index (χ4v) is 5.32. The Morgan fingerprint density at radius 3 is 2.59 bits per heavy atom. The molecule has 0 aliphatic heterocycles. The van der Waals surface area contributed by atoms with Crippen molar-refractivity contribution >= 4 is 51.5 Å². The van der Waals surface area contributed by atoms with Crippen molar-refractivity contribution in [2.75, 3.05) is 0 Å². The summed E-state index contributed by atoms with van der Waals surface area (Å²) in [6.45, 7) is 0. The van der Waals surface area contributed by atoms with E-state index >= 15 is 0 Å². The summed E-state index contributed by atoms with van der Waals surface area (Å²) in [6.07, 6.45) is 7.21. The second-order valence-corrected chi connectivity index (χ2v) is 9.94. The molecule has 0 bridgehead atoms. The number of nitro groups is 1. The van der Waals surface area contributed by atoms with Crippen molar-refractivity contribution in [3.63, 3.8) is 0 Å². The Morgan fingerprint density at radius 2 is 1.84 bits per heavy atom. The number of aromatic nitrogens is 5. The van der Waals surface area contributed by atoms with Gasteiger partial charge in [0, 0.05) is 34.3 Å². The van der Waals surface area contributed by atoms with E-state index in [1.54, 1.807) is 46.5 Å². The van der Waals surface area contributed by atoms with Gasteiger partial charge in [-0.15, -0.1) is 16.4 Å². The van der Waals surface area contributed by atoms with Crippen LogP contribution in [0.4, 0.5) is 5.69 Å². The van der Waals surface area contributed by atoms with Gasteiger partial charge in [-0.25, -0.2) is 4.68 Å². The standard InChI is InChI=1S/C26H16N6O3S2/c33-25-22(37-26-27-23(28-31(25)26)12-11-21-10-5-13-36-21)15-18-16-30(19-7-2-1-3-8-19)29-24(18)17-6-4-9-20(14-17)32(34)35/h1-16H/b12-11+,22-15-. The molecule has 0 saturated carbocycles. The van der Waals surface area contributed by atoms with Gasteiger partial charge in [0.1, 0.15) is 5.69 Å². The van der Waals surface area contributed by atoms with Gasteiger partial charge >= 0.3 is 0 Å². The first-order valence-electron chi connectivity index (χ1n) is 11.1. The molecular weight excluding hydrogens is 508 g/mol. The van der Waals surface area contributed by atoms with Crippen LogP contribution >= 0.6 is 22.7 Å². The highest BCUT2D eigenvalue weighted by molar-refractivity contribution is 7.15. The minimum Gasteiger partial charge on any atom is -0.266 e. The maximum Gasteiger partial charge on any atom is 0.291 e. The first-order chi connectivity index (χ1) is 18.0.